The molecule has 0 bridgehead atoms. The van der Waals surface area contributed by atoms with E-state index in [-0.39, 0.29) is 0 Å². The highest BCUT2D eigenvalue weighted by Crippen LogP contribution is 2.27. The van der Waals surface area contributed by atoms with Crippen molar-refractivity contribution in [3.63, 3.8) is 0 Å². The van der Waals surface area contributed by atoms with E-state index in [0.29, 0.717) is 16.1 Å². The minimum absolute atomic E-state index is 0.306. The molecule has 1 atom stereocenters. The van der Waals surface area contributed by atoms with Crippen LogP contribution in [0, 0.1) is 6.92 Å². The van der Waals surface area contributed by atoms with Gasteiger partial charge in [-0.05, 0) is 26.3 Å². The van der Waals surface area contributed by atoms with Gasteiger partial charge in [0.1, 0.15) is 10.0 Å². The van der Waals surface area contributed by atoms with E-state index in [0.717, 1.165) is 44.1 Å². The number of hydrogen-bond acceptors (Lipinski definition) is 7. The molecule has 3 rings (SSSR count). The molecule has 3 heterocycles. The third kappa shape index (κ3) is 2.93. The van der Waals surface area contributed by atoms with Crippen molar-refractivity contribution in [2.75, 3.05) is 13.1 Å². The van der Waals surface area contributed by atoms with Gasteiger partial charge in [0.15, 0.2) is 5.82 Å². The van der Waals surface area contributed by atoms with Crippen LogP contribution >= 0.6 is 23.1 Å². The maximum absolute atomic E-state index is 6.04. The van der Waals surface area contributed by atoms with Crippen molar-refractivity contribution >= 4 is 23.1 Å². The molecule has 19 heavy (non-hydrogen) atoms. The van der Waals surface area contributed by atoms with E-state index in [9.17, 15) is 0 Å². The third-order valence-electron chi connectivity index (χ3n) is 3.28. The van der Waals surface area contributed by atoms with Gasteiger partial charge in [-0.3, -0.25) is 4.90 Å². The van der Waals surface area contributed by atoms with E-state index in [4.69, 9.17) is 16.1 Å². The van der Waals surface area contributed by atoms with Gasteiger partial charge in [-0.25, -0.2) is 0 Å². The highest BCUT2D eigenvalue weighted by molar-refractivity contribution is 7.10. The summed E-state index contributed by atoms with van der Waals surface area (Å²) in [5.41, 5.74) is 0.856. The first-order valence-electron chi connectivity index (χ1n) is 6.21. The van der Waals surface area contributed by atoms with E-state index in [1.807, 2.05) is 6.92 Å². The van der Waals surface area contributed by atoms with Crippen LogP contribution in [0.4, 0.5) is 0 Å². The molecule has 6 nitrogen and oxygen atoms in total. The number of aromatic nitrogens is 4. The molecule has 1 unspecified atom stereocenters. The lowest BCUT2D eigenvalue weighted by atomic mass is 9.98. The molecule has 0 radical (unpaired) electrons. The number of likely N-dealkylation sites (tertiary alicyclic amines) is 1. The summed E-state index contributed by atoms with van der Waals surface area (Å²) in [6.07, 6.45) is 2.20. The molecule has 0 spiro atoms. The van der Waals surface area contributed by atoms with Crippen molar-refractivity contribution in [1.29, 1.82) is 0 Å². The maximum atomic E-state index is 6.04. The van der Waals surface area contributed by atoms with Gasteiger partial charge in [0.05, 0.1) is 5.92 Å². The molecule has 1 aliphatic rings. The monoisotopic (exact) mass is 299 g/mol. The van der Waals surface area contributed by atoms with Gasteiger partial charge in [-0.2, -0.15) is 4.98 Å². The fourth-order valence-corrected chi connectivity index (χ4v) is 2.99. The lowest BCUT2D eigenvalue weighted by Crippen LogP contribution is -2.34. The summed E-state index contributed by atoms with van der Waals surface area (Å²) in [6, 6.07) is 0. The normalized spacial score (nSPS) is 20.8. The summed E-state index contributed by atoms with van der Waals surface area (Å²) in [6.45, 7) is 4.51. The quantitative estimate of drug-likeness (QED) is 0.866. The zero-order valence-electron chi connectivity index (χ0n) is 10.5. The van der Waals surface area contributed by atoms with Crippen LogP contribution in [-0.4, -0.2) is 37.7 Å². The number of aryl methyl sites for hydroxylation is 1. The van der Waals surface area contributed by atoms with Crippen LogP contribution in [0.2, 0.25) is 4.34 Å². The SMILES string of the molecule is Cc1noc(C2CCCN(Cc3nnsc3Cl)C2)n1. The molecule has 8 heteroatoms. The fourth-order valence-electron chi connectivity index (χ4n) is 2.38. The average molecular weight is 300 g/mol. The Bertz CT molecular complexity index is 557. The molecule has 102 valence electrons. The molecule has 0 saturated carbocycles. The van der Waals surface area contributed by atoms with Crippen molar-refractivity contribution in [2.45, 2.75) is 32.2 Å². The number of halogens is 1. The van der Waals surface area contributed by atoms with Crippen LogP contribution in [-0.2, 0) is 6.54 Å². The number of nitrogens with zero attached hydrogens (tertiary/aromatic N) is 5. The highest BCUT2D eigenvalue weighted by atomic mass is 35.5. The van der Waals surface area contributed by atoms with Crippen LogP contribution in [0.25, 0.3) is 0 Å². The van der Waals surface area contributed by atoms with Crippen LogP contribution in [0.15, 0.2) is 4.52 Å². The van der Waals surface area contributed by atoms with E-state index >= 15 is 0 Å². The third-order valence-corrected chi connectivity index (χ3v) is 4.27. The zero-order valence-corrected chi connectivity index (χ0v) is 12.1. The second kappa shape index (κ2) is 5.52. The van der Waals surface area contributed by atoms with Gasteiger partial charge in [0, 0.05) is 24.6 Å². The van der Waals surface area contributed by atoms with E-state index < -0.39 is 0 Å². The topological polar surface area (TPSA) is 67.9 Å². The van der Waals surface area contributed by atoms with E-state index in [1.165, 1.54) is 11.5 Å². The van der Waals surface area contributed by atoms with Gasteiger partial charge in [-0.1, -0.05) is 21.2 Å². The van der Waals surface area contributed by atoms with Crippen LogP contribution < -0.4 is 0 Å². The summed E-state index contributed by atoms with van der Waals surface area (Å²) < 4.78 is 9.81. The Morgan fingerprint density at radius 1 is 1.53 bits per heavy atom. The summed E-state index contributed by atoms with van der Waals surface area (Å²) in [5, 5.41) is 7.92. The minimum atomic E-state index is 0.306. The summed E-state index contributed by atoms with van der Waals surface area (Å²) >= 11 is 7.27. The van der Waals surface area contributed by atoms with Gasteiger partial charge >= 0.3 is 0 Å². The van der Waals surface area contributed by atoms with Crippen molar-refractivity contribution < 1.29 is 4.52 Å². The average Bonchev–Trinajstić information content (AvgIpc) is 3.00. The number of rotatable bonds is 3. The Kier molecular flexibility index (Phi) is 3.76. The Morgan fingerprint density at radius 2 is 2.42 bits per heavy atom. The van der Waals surface area contributed by atoms with Crippen molar-refractivity contribution in [1.82, 2.24) is 24.6 Å². The molecule has 1 saturated heterocycles. The molecule has 1 fully saturated rings. The van der Waals surface area contributed by atoms with Gasteiger partial charge in [0.25, 0.3) is 0 Å². The van der Waals surface area contributed by atoms with E-state index in [2.05, 4.69) is 24.6 Å². The summed E-state index contributed by atoms with van der Waals surface area (Å²) in [4.78, 5) is 6.64. The van der Waals surface area contributed by atoms with Crippen LogP contribution in [0.5, 0.6) is 0 Å². The standard InChI is InChI=1S/C11H14ClN5OS/c1-7-13-11(18-15-7)8-3-2-4-17(5-8)6-9-10(12)19-16-14-9/h8H,2-6H2,1H3. The smallest absolute Gasteiger partial charge is 0.231 e. The summed E-state index contributed by atoms with van der Waals surface area (Å²) in [5.74, 6) is 1.74. The lowest BCUT2D eigenvalue weighted by molar-refractivity contribution is 0.178. The Balaban J connectivity index is 1.66. The summed E-state index contributed by atoms with van der Waals surface area (Å²) in [7, 11) is 0. The molecule has 1 aliphatic heterocycles. The van der Waals surface area contributed by atoms with Gasteiger partial charge in [0.2, 0.25) is 5.89 Å². The van der Waals surface area contributed by atoms with Gasteiger partial charge in [-0.15, -0.1) is 5.10 Å². The Hall–Kier alpha value is -1.05. The maximum Gasteiger partial charge on any atom is 0.231 e. The second-order valence-electron chi connectivity index (χ2n) is 4.75. The van der Waals surface area contributed by atoms with Crippen molar-refractivity contribution in [3.05, 3.63) is 21.7 Å². The first kappa shape index (κ1) is 13.0. The first-order valence-corrected chi connectivity index (χ1v) is 7.37. The fraction of sp³-hybridized carbons (Fsp3) is 0.636. The number of hydrogen-bond donors (Lipinski definition) is 0. The largest absolute Gasteiger partial charge is 0.339 e. The number of piperidine rings is 1. The lowest BCUT2D eigenvalue weighted by Gasteiger charge is -2.30. The first-order chi connectivity index (χ1) is 9.22. The molecule has 0 amide bonds. The van der Waals surface area contributed by atoms with Crippen molar-refractivity contribution in [2.24, 2.45) is 0 Å². The Labute approximate surface area is 119 Å². The van der Waals surface area contributed by atoms with E-state index in [1.54, 1.807) is 0 Å². The molecule has 0 N–H and O–H groups in total. The zero-order chi connectivity index (χ0) is 13.2. The Morgan fingerprint density at radius 3 is 3.11 bits per heavy atom. The molecular formula is C11H14ClN5OS. The molecule has 0 aromatic carbocycles. The molecule has 2 aromatic rings. The highest BCUT2D eigenvalue weighted by Gasteiger charge is 2.26. The van der Waals surface area contributed by atoms with Gasteiger partial charge < -0.3 is 4.52 Å². The van der Waals surface area contributed by atoms with Crippen LogP contribution in [0.1, 0.15) is 36.2 Å². The molecule has 2 aromatic heterocycles. The minimum Gasteiger partial charge on any atom is -0.339 e. The van der Waals surface area contributed by atoms with Crippen LogP contribution in [0.3, 0.4) is 0 Å². The second-order valence-corrected chi connectivity index (χ2v) is 6.10. The molecular weight excluding hydrogens is 286 g/mol. The predicted molar refractivity (Wildman–Crippen MR) is 71.2 cm³/mol. The van der Waals surface area contributed by atoms with Crippen molar-refractivity contribution in [3.8, 4) is 0 Å². The molecule has 0 aliphatic carbocycles. The predicted octanol–water partition coefficient (Wildman–Crippen LogP) is 2.26.